The largest absolute Gasteiger partial charge is 0.469 e. The number of rotatable bonds is 7. The Morgan fingerprint density at radius 3 is 2.76 bits per heavy atom. The molecule has 3 atom stereocenters. The third-order valence-corrected chi connectivity index (χ3v) is 5.46. The van der Waals surface area contributed by atoms with Gasteiger partial charge >= 0.3 is 17.6 Å². The summed E-state index contributed by atoms with van der Waals surface area (Å²) in [6.45, 7) is 1.51. The van der Waals surface area contributed by atoms with Crippen molar-refractivity contribution in [3.05, 3.63) is 58.7 Å². The number of hydrogen-bond donors (Lipinski definition) is 1. The maximum Gasteiger partial charge on any atom is 0.332 e. The standard InChI is InChI=1S/C23H25N5O6/c1-14(29)33-18-11-16(12-19(30)32-2)34-21(18)28-20-17(13-25-22(24)26-20)27(23(28)31)10-6-9-15-7-4-3-5-8-15/h3-9,13,16,18,21H,10-12H2,1-2H3,(H2,24,25,26)/b9-6+/t16-,18+,21+/m0/s1. The van der Waals surface area contributed by atoms with Crippen molar-refractivity contribution < 1.29 is 23.8 Å². The van der Waals surface area contributed by atoms with E-state index in [4.69, 9.17) is 19.9 Å². The molecule has 3 heterocycles. The van der Waals surface area contributed by atoms with E-state index in [0.29, 0.717) is 5.52 Å². The predicted molar refractivity (Wildman–Crippen MR) is 122 cm³/mol. The SMILES string of the molecule is COC(=O)C[C@@H]1C[C@@H](OC(C)=O)[C@H](n2c(=O)n(C/C=C/c3ccccc3)c3cnc(N)nc32)O1. The fourth-order valence-electron chi connectivity index (χ4n) is 4.00. The number of carbonyl (C=O) groups excluding carboxylic acids is 2. The number of imidazole rings is 1. The number of methoxy groups -OCH3 is 1. The first-order valence-corrected chi connectivity index (χ1v) is 10.7. The Balaban J connectivity index is 1.73. The van der Waals surface area contributed by atoms with Gasteiger partial charge in [0.05, 0.1) is 25.8 Å². The van der Waals surface area contributed by atoms with Crippen LogP contribution in [0.15, 0.2) is 47.4 Å². The molecular weight excluding hydrogens is 442 g/mol. The third kappa shape index (κ3) is 4.84. The molecule has 1 fully saturated rings. The lowest BCUT2D eigenvalue weighted by molar-refractivity contribution is -0.153. The highest BCUT2D eigenvalue weighted by Gasteiger charge is 2.42. The summed E-state index contributed by atoms with van der Waals surface area (Å²) in [7, 11) is 1.28. The number of anilines is 1. The van der Waals surface area contributed by atoms with E-state index in [9.17, 15) is 14.4 Å². The molecule has 0 spiro atoms. The molecule has 1 aliphatic heterocycles. The Morgan fingerprint density at radius 1 is 1.29 bits per heavy atom. The Bertz CT molecular complexity index is 1280. The molecule has 0 saturated carbocycles. The normalized spacial score (nSPS) is 20.1. The quantitative estimate of drug-likeness (QED) is 0.514. The van der Waals surface area contributed by atoms with Crippen LogP contribution in [-0.4, -0.2) is 50.4 Å². The van der Waals surface area contributed by atoms with Crippen molar-refractivity contribution in [2.75, 3.05) is 12.8 Å². The molecule has 0 amide bonds. The summed E-state index contributed by atoms with van der Waals surface area (Å²) in [5, 5.41) is 0. The van der Waals surface area contributed by atoms with Gasteiger partial charge in [0, 0.05) is 19.9 Å². The average Bonchev–Trinajstić information content (AvgIpc) is 3.30. The third-order valence-electron chi connectivity index (χ3n) is 5.46. The number of nitrogens with zero attached hydrogens (tertiary/aromatic N) is 4. The maximum atomic E-state index is 13.5. The van der Waals surface area contributed by atoms with Gasteiger partial charge in [0.15, 0.2) is 11.9 Å². The van der Waals surface area contributed by atoms with Crippen molar-refractivity contribution >= 4 is 35.1 Å². The van der Waals surface area contributed by atoms with Crippen LogP contribution in [0.25, 0.3) is 17.2 Å². The Hall–Kier alpha value is -3.99. The van der Waals surface area contributed by atoms with Gasteiger partial charge in [-0.25, -0.2) is 14.3 Å². The number of aromatic nitrogens is 4. The molecule has 4 rings (SSSR count). The van der Waals surface area contributed by atoms with Crippen LogP contribution in [-0.2, 0) is 30.3 Å². The highest BCUT2D eigenvalue weighted by molar-refractivity contribution is 5.72. The second-order valence-electron chi connectivity index (χ2n) is 7.83. The van der Waals surface area contributed by atoms with E-state index in [1.54, 1.807) is 0 Å². The first-order valence-electron chi connectivity index (χ1n) is 10.7. The lowest BCUT2D eigenvalue weighted by Gasteiger charge is -2.19. The van der Waals surface area contributed by atoms with Gasteiger partial charge in [-0.3, -0.25) is 14.2 Å². The van der Waals surface area contributed by atoms with E-state index < -0.39 is 36.1 Å². The molecule has 0 unspecified atom stereocenters. The van der Waals surface area contributed by atoms with Gasteiger partial charge in [0.25, 0.3) is 0 Å². The number of benzene rings is 1. The molecule has 0 bridgehead atoms. The molecule has 1 saturated heterocycles. The molecule has 11 nitrogen and oxygen atoms in total. The van der Waals surface area contributed by atoms with E-state index in [0.717, 1.165) is 5.56 Å². The minimum atomic E-state index is -0.998. The molecule has 0 radical (unpaired) electrons. The smallest absolute Gasteiger partial charge is 0.332 e. The van der Waals surface area contributed by atoms with Crippen molar-refractivity contribution in [3.8, 4) is 0 Å². The molecule has 178 valence electrons. The van der Waals surface area contributed by atoms with Crippen molar-refractivity contribution in [1.29, 1.82) is 0 Å². The summed E-state index contributed by atoms with van der Waals surface area (Å²) in [4.78, 5) is 45.3. The second-order valence-corrected chi connectivity index (χ2v) is 7.83. The van der Waals surface area contributed by atoms with Crippen LogP contribution in [0.2, 0.25) is 0 Å². The summed E-state index contributed by atoms with van der Waals surface area (Å²) in [6.07, 6.45) is 2.96. The number of nitrogens with two attached hydrogens (primary N) is 1. The average molecular weight is 467 g/mol. The zero-order valence-electron chi connectivity index (χ0n) is 18.8. The minimum Gasteiger partial charge on any atom is -0.469 e. The predicted octanol–water partition coefficient (Wildman–Crippen LogP) is 1.67. The molecule has 34 heavy (non-hydrogen) atoms. The molecule has 1 aliphatic rings. The van der Waals surface area contributed by atoms with Gasteiger partial charge in [-0.15, -0.1) is 0 Å². The highest BCUT2D eigenvalue weighted by Crippen LogP contribution is 2.34. The number of carbonyl (C=O) groups is 2. The number of nitrogen functional groups attached to an aromatic ring is 1. The zero-order chi connectivity index (χ0) is 24.2. The topological polar surface area (TPSA) is 141 Å². The maximum absolute atomic E-state index is 13.5. The fourth-order valence-corrected chi connectivity index (χ4v) is 4.00. The van der Waals surface area contributed by atoms with E-state index in [-0.39, 0.29) is 31.0 Å². The van der Waals surface area contributed by atoms with E-state index in [1.807, 2.05) is 42.5 Å². The Morgan fingerprint density at radius 2 is 2.06 bits per heavy atom. The lowest BCUT2D eigenvalue weighted by Crippen LogP contribution is -2.33. The molecule has 1 aromatic carbocycles. The first kappa shape index (κ1) is 23.2. The van der Waals surface area contributed by atoms with Crippen LogP contribution >= 0.6 is 0 Å². The van der Waals surface area contributed by atoms with E-state index in [1.165, 1.54) is 29.4 Å². The van der Waals surface area contributed by atoms with Gasteiger partial charge in [-0.05, 0) is 5.56 Å². The zero-order valence-corrected chi connectivity index (χ0v) is 18.8. The monoisotopic (exact) mass is 467 g/mol. The summed E-state index contributed by atoms with van der Waals surface area (Å²) in [5.41, 5.74) is 7.04. The van der Waals surface area contributed by atoms with E-state index >= 15 is 0 Å². The Labute approximate surface area is 194 Å². The molecule has 11 heteroatoms. The molecule has 2 N–H and O–H groups in total. The highest BCUT2D eigenvalue weighted by atomic mass is 16.6. The van der Waals surface area contributed by atoms with Crippen LogP contribution in [0.4, 0.5) is 5.95 Å². The number of ether oxygens (including phenoxy) is 3. The number of esters is 2. The molecule has 2 aromatic heterocycles. The van der Waals surface area contributed by atoms with Crippen molar-refractivity contribution in [1.82, 2.24) is 19.1 Å². The fraction of sp³-hybridized carbons (Fsp3) is 0.348. The van der Waals surface area contributed by atoms with Crippen LogP contribution in [0.3, 0.4) is 0 Å². The number of fused-ring (bicyclic) bond motifs is 1. The van der Waals surface area contributed by atoms with Crippen LogP contribution in [0.5, 0.6) is 0 Å². The Kier molecular flexibility index (Phi) is 6.73. The van der Waals surface area contributed by atoms with Gasteiger partial charge in [0.1, 0.15) is 11.6 Å². The van der Waals surface area contributed by atoms with E-state index in [2.05, 4.69) is 9.97 Å². The van der Waals surface area contributed by atoms with Crippen molar-refractivity contribution in [3.63, 3.8) is 0 Å². The van der Waals surface area contributed by atoms with Crippen LogP contribution in [0.1, 0.15) is 31.6 Å². The summed E-state index contributed by atoms with van der Waals surface area (Å²) in [5.74, 6) is -1.03. The number of hydrogen-bond acceptors (Lipinski definition) is 9. The first-order chi connectivity index (χ1) is 16.4. The van der Waals surface area contributed by atoms with Crippen molar-refractivity contribution in [2.45, 2.75) is 44.7 Å². The van der Waals surface area contributed by atoms with Gasteiger partial charge in [0.2, 0.25) is 5.95 Å². The van der Waals surface area contributed by atoms with Crippen LogP contribution < -0.4 is 11.4 Å². The van der Waals surface area contributed by atoms with Gasteiger partial charge in [-0.1, -0.05) is 42.5 Å². The van der Waals surface area contributed by atoms with Gasteiger partial charge < -0.3 is 19.9 Å². The second kappa shape index (κ2) is 9.87. The molecule has 0 aliphatic carbocycles. The van der Waals surface area contributed by atoms with Crippen LogP contribution in [0, 0.1) is 0 Å². The summed E-state index contributed by atoms with van der Waals surface area (Å²) in [6, 6.07) is 9.66. The minimum absolute atomic E-state index is 0.0219. The van der Waals surface area contributed by atoms with Crippen molar-refractivity contribution in [2.24, 2.45) is 0 Å². The molecule has 3 aromatic rings. The molecular formula is C23H25N5O6. The van der Waals surface area contributed by atoms with Gasteiger partial charge in [-0.2, -0.15) is 4.98 Å². The lowest BCUT2D eigenvalue weighted by atomic mass is 10.1. The summed E-state index contributed by atoms with van der Waals surface area (Å²) >= 11 is 0. The number of allylic oxidation sites excluding steroid dienone is 1. The summed E-state index contributed by atoms with van der Waals surface area (Å²) < 4.78 is 18.9.